The molecule has 0 amide bonds. The summed E-state index contributed by atoms with van der Waals surface area (Å²) in [6.45, 7) is 0. The molecule has 182 valence electrons. The maximum Gasteiger partial charge on any atom is 0.154 e. The molecule has 38 heavy (non-hydrogen) atoms. The van der Waals surface area contributed by atoms with Crippen molar-refractivity contribution in [1.82, 2.24) is 9.97 Å². The molecule has 0 fully saturated rings. The minimum absolute atomic E-state index is 0.0449. The quantitative estimate of drug-likeness (QED) is 0.175. The predicted octanol–water partition coefficient (Wildman–Crippen LogP) is 9.10. The number of fused-ring (bicyclic) bond motifs is 3. The number of phenols is 1. The van der Waals surface area contributed by atoms with Gasteiger partial charge in [0.15, 0.2) is 5.75 Å². The summed E-state index contributed by atoms with van der Waals surface area (Å²) in [6.07, 6.45) is 0. The smallest absolute Gasteiger partial charge is 0.154 e. The molecule has 0 saturated carbocycles. The van der Waals surface area contributed by atoms with Crippen LogP contribution in [-0.2, 0) is 0 Å². The van der Waals surface area contributed by atoms with Gasteiger partial charge in [0.25, 0.3) is 0 Å². The van der Waals surface area contributed by atoms with Gasteiger partial charge in [0.2, 0.25) is 0 Å². The van der Waals surface area contributed by atoms with Gasteiger partial charge in [0.1, 0.15) is 15.7 Å². The molecule has 7 aromatic rings. The van der Waals surface area contributed by atoms with E-state index >= 15 is 0 Å². The number of rotatable bonds is 4. The highest BCUT2D eigenvalue weighted by Crippen LogP contribution is 2.46. The van der Waals surface area contributed by atoms with Gasteiger partial charge in [0.05, 0.1) is 31.7 Å². The van der Waals surface area contributed by atoms with Crippen molar-refractivity contribution in [3.63, 3.8) is 0 Å². The first-order valence-electron chi connectivity index (χ1n) is 11.9. The van der Waals surface area contributed by atoms with Crippen molar-refractivity contribution in [2.75, 3.05) is 5.73 Å². The molecule has 0 atom stereocenters. The number of nitrogens with two attached hydrogens (primary N) is 1. The van der Waals surface area contributed by atoms with E-state index in [4.69, 9.17) is 15.7 Å². The van der Waals surface area contributed by atoms with Crippen molar-refractivity contribution in [1.29, 1.82) is 0 Å². The zero-order valence-corrected chi connectivity index (χ0v) is 21.5. The van der Waals surface area contributed by atoms with Crippen molar-refractivity contribution in [3.8, 4) is 26.9 Å². The van der Waals surface area contributed by atoms with Crippen molar-refractivity contribution >= 4 is 70.9 Å². The van der Waals surface area contributed by atoms with E-state index in [1.165, 1.54) is 11.3 Å². The maximum absolute atomic E-state index is 11.5. The summed E-state index contributed by atoms with van der Waals surface area (Å²) in [6, 6.07) is 31.2. The molecule has 0 radical (unpaired) electrons. The Morgan fingerprint density at radius 3 is 2.05 bits per heavy atom. The van der Waals surface area contributed by atoms with Gasteiger partial charge in [0, 0.05) is 16.6 Å². The van der Waals surface area contributed by atoms with Gasteiger partial charge < -0.3 is 10.8 Å². The number of thiazole rings is 2. The van der Waals surface area contributed by atoms with Crippen LogP contribution in [0.2, 0.25) is 0 Å². The average Bonchev–Trinajstić information content (AvgIpc) is 3.57. The van der Waals surface area contributed by atoms with Crippen LogP contribution in [0.5, 0.6) is 5.75 Å². The largest absolute Gasteiger partial charge is 0.505 e. The Morgan fingerprint density at radius 1 is 0.684 bits per heavy atom. The van der Waals surface area contributed by atoms with Crippen LogP contribution in [0.25, 0.3) is 52.3 Å². The van der Waals surface area contributed by atoms with E-state index < -0.39 is 0 Å². The lowest BCUT2D eigenvalue weighted by Gasteiger charge is -2.10. The highest BCUT2D eigenvalue weighted by Gasteiger charge is 2.18. The molecule has 2 aromatic heterocycles. The lowest BCUT2D eigenvalue weighted by Crippen LogP contribution is -1.84. The SMILES string of the molecule is Nc1ccc(N=Nc2c(O)c(-c3nc4ccccc4s3)cc3cc(-c4nc5ccccc5s4)ccc23)cc1. The van der Waals surface area contributed by atoms with Gasteiger partial charge in [-0.25, -0.2) is 9.97 Å². The zero-order chi connectivity index (χ0) is 25.6. The van der Waals surface area contributed by atoms with Crippen LogP contribution in [0.1, 0.15) is 0 Å². The van der Waals surface area contributed by atoms with E-state index in [-0.39, 0.29) is 5.75 Å². The van der Waals surface area contributed by atoms with Crippen LogP contribution in [0.3, 0.4) is 0 Å². The Kier molecular flexibility index (Phi) is 5.35. The fourth-order valence-electron chi connectivity index (χ4n) is 4.41. The molecule has 0 aliphatic carbocycles. The second-order valence-electron chi connectivity index (χ2n) is 8.82. The highest BCUT2D eigenvalue weighted by molar-refractivity contribution is 7.22. The minimum atomic E-state index is 0.0449. The van der Waals surface area contributed by atoms with Gasteiger partial charge in [-0.3, -0.25) is 0 Å². The first kappa shape index (κ1) is 22.5. The van der Waals surface area contributed by atoms with E-state index in [1.807, 2.05) is 60.7 Å². The van der Waals surface area contributed by atoms with E-state index in [1.54, 1.807) is 35.6 Å². The number of para-hydroxylation sites is 2. The summed E-state index contributed by atoms with van der Waals surface area (Å²) >= 11 is 3.19. The number of benzene rings is 5. The second kappa shape index (κ2) is 9.02. The van der Waals surface area contributed by atoms with Crippen molar-refractivity contribution in [3.05, 3.63) is 97.1 Å². The lowest BCUT2D eigenvalue weighted by molar-refractivity contribution is 0.479. The molecule has 0 aliphatic heterocycles. The predicted molar refractivity (Wildman–Crippen MR) is 158 cm³/mol. The van der Waals surface area contributed by atoms with Gasteiger partial charge in [-0.05, 0) is 66.0 Å². The molecular weight excluding hydrogens is 510 g/mol. The molecule has 3 N–H and O–H groups in total. The number of phenolic OH excluding ortho intramolecular Hbond substituents is 1. The first-order chi connectivity index (χ1) is 18.6. The number of hydrogen-bond acceptors (Lipinski definition) is 8. The van der Waals surface area contributed by atoms with Gasteiger partial charge in [-0.2, -0.15) is 5.11 Å². The number of nitrogens with zero attached hydrogens (tertiary/aromatic N) is 4. The maximum atomic E-state index is 11.5. The third kappa shape index (κ3) is 3.96. The van der Waals surface area contributed by atoms with Gasteiger partial charge in [-0.1, -0.05) is 36.4 Å². The summed E-state index contributed by atoms with van der Waals surface area (Å²) in [7, 11) is 0. The Hall–Kier alpha value is -4.66. The standard InChI is InChI=1S/C30H19N5OS2/c31-19-10-12-20(13-11-19)34-35-27-21-14-9-17(29-32-23-5-1-3-7-25(23)37-29)15-18(21)16-22(28(27)36)30-33-24-6-2-4-8-26(24)38-30/h1-16,36H,31H2. The molecule has 0 saturated heterocycles. The van der Waals surface area contributed by atoms with Crippen LogP contribution in [0.4, 0.5) is 17.1 Å². The molecule has 7 rings (SSSR count). The fraction of sp³-hybridized carbons (Fsp3) is 0. The third-order valence-corrected chi connectivity index (χ3v) is 8.46. The topological polar surface area (TPSA) is 96.8 Å². The van der Waals surface area contributed by atoms with E-state index in [9.17, 15) is 5.11 Å². The van der Waals surface area contributed by atoms with Crippen LogP contribution in [0, 0.1) is 0 Å². The summed E-state index contributed by atoms with van der Waals surface area (Å²) in [5, 5.41) is 23.7. The molecule has 6 nitrogen and oxygen atoms in total. The Balaban J connectivity index is 1.43. The summed E-state index contributed by atoms with van der Waals surface area (Å²) in [5.41, 5.74) is 11.0. The molecule has 8 heteroatoms. The van der Waals surface area contributed by atoms with E-state index in [2.05, 4.69) is 22.4 Å². The van der Waals surface area contributed by atoms with E-state index in [0.717, 1.165) is 46.8 Å². The summed E-state index contributed by atoms with van der Waals surface area (Å²) in [4.78, 5) is 9.62. The minimum Gasteiger partial charge on any atom is -0.505 e. The molecular formula is C30H19N5OS2. The number of aromatic hydroxyl groups is 1. The molecule has 0 bridgehead atoms. The number of nitrogen functional groups attached to an aromatic ring is 1. The molecule has 5 aromatic carbocycles. The van der Waals surface area contributed by atoms with Crippen LogP contribution in [-0.4, -0.2) is 15.1 Å². The fourth-order valence-corrected chi connectivity index (χ4v) is 6.35. The van der Waals surface area contributed by atoms with Crippen LogP contribution in [0.15, 0.2) is 107 Å². The Morgan fingerprint density at radius 2 is 1.34 bits per heavy atom. The van der Waals surface area contributed by atoms with Crippen molar-refractivity contribution < 1.29 is 5.11 Å². The summed E-state index contributed by atoms with van der Waals surface area (Å²) in [5.74, 6) is 0.0449. The highest BCUT2D eigenvalue weighted by atomic mass is 32.1. The van der Waals surface area contributed by atoms with Crippen LogP contribution >= 0.6 is 22.7 Å². The van der Waals surface area contributed by atoms with Crippen molar-refractivity contribution in [2.45, 2.75) is 0 Å². The van der Waals surface area contributed by atoms with Crippen LogP contribution < -0.4 is 5.73 Å². The number of azo groups is 1. The first-order valence-corrected chi connectivity index (χ1v) is 13.5. The molecule has 0 aliphatic rings. The second-order valence-corrected chi connectivity index (χ2v) is 10.9. The monoisotopic (exact) mass is 529 g/mol. The normalized spacial score (nSPS) is 11.8. The molecule has 2 heterocycles. The van der Waals surface area contributed by atoms with Gasteiger partial charge >= 0.3 is 0 Å². The Labute approximate surface area is 225 Å². The number of aromatic nitrogens is 2. The molecule has 0 spiro atoms. The lowest BCUT2D eigenvalue weighted by atomic mass is 10.0. The number of hydrogen-bond donors (Lipinski definition) is 2. The Bertz CT molecular complexity index is 1940. The molecule has 0 unspecified atom stereocenters. The van der Waals surface area contributed by atoms with E-state index in [0.29, 0.717) is 22.6 Å². The summed E-state index contributed by atoms with van der Waals surface area (Å²) < 4.78 is 2.19. The number of anilines is 1. The third-order valence-electron chi connectivity index (χ3n) is 6.31. The zero-order valence-electron chi connectivity index (χ0n) is 19.9. The van der Waals surface area contributed by atoms with Crippen molar-refractivity contribution in [2.24, 2.45) is 10.2 Å². The average molecular weight is 530 g/mol. The van der Waals surface area contributed by atoms with Gasteiger partial charge in [-0.15, -0.1) is 27.8 Å².